The first-order valence-electron chi connectivity index (χ1n) is 5.64. The molecule has 0 aromatic heterocycles. The van der Waals surface area contributed by atoms with Gasteiger partial charge < -0.3 is 20.9 Å². The number of hydrogen-bond donors (Lipinski definition) is 3. The molecular formula is C14H14N2O3. The zero-order chi connectivity index (χ0) is 13.8. The van der Waals surface area contributed by atoms with E-state index < -0.39 is 0 Å². The number of ether oxygens (including phenoxy) is 1. The lowest BCUT2D eigenvalue weighted by Crippen LogP contribution is -2.12. The van der Waals surface area contributed by atoms with Gasteiger partial charge in [0, 0.05) is 17.3 Å². The van der Waals surface area contributed by atoms with E-state index >= 15 is 0 Å². The number of hydrogen-bond acceptors (Lipinski definition) is 4. The van der Waals surface area contributed by atoms with Gasteiger partial charge in [0.2, 0.25) is 0 Å². The third-order valence-electron chi connectivity index (χ3n) is 2.60. The average Bonchev–Trinajstić information content (AvgIpc) is 2.38. The predicted molar refractivity (Wildman–Crippen MR) is 73.5 cm³/mol. The Bertz CT molecular complexity index is 611. The Morgan fingerprint density at radius 1 is 1.26 bits per heavy atom. The minimum absolute atomic E-state index is 0.0899. The number of rotatable bonds is 3. The Morgan fingerprint density at radius 3 is 2.68 bits per heavy atom. The third-order valence-corrected chi connectivity index (χ3v) is 2.60. The second-order valence-corrected chi connectivity index (χ2v) is 3.96. The van der Waals surface area contributed by atoms with Gasteiger partial charge in [-0.25, -0.2) is 0 Å². The van der Waals surface area contributed by atoms with E-state index in [4.69, 9.17) is 10.5 Å². The second-order valence-electron chi connectivity index (χ2n) is 3.96. The fraction of sp³-hybridized carbons (Fsp3) is 0.0714. The van der Waals surface area contributed by atoms with Crippen molar-refractivity contribution in [2.75, 3.05) is 18.2 Å². The van der Waals surface area contributed by atoms with Crippen molar-refractivity contribution in [2.24, 2.45) is 0 Å². The summed E-state index contributed by atoms with van der Waals surface area (Å²) in [6.45, 7) is 0. The minimum atomic E-state index is -0.306. The molecule has 0 spiro atoms. The highest BCUT2D eigenvalue weighted by Crippen LogP contribution is 2.23. The normalized spacial score (nSPS) is 9.95. The quantitative estimate of drug-likeness (QED) is 0.737. The second kappa shape index (κ2) is 5.30. The fourth-order valence-corrected chi connectivity index (χ4v) is 1.66. The van der Waals surface area contributed by atoms with Crippen LogP contribution < -0.4 is 15.8 Å². The van der Waals surface area contributed by atoms with E-state index in [-0.39, 0.29) is 11.7 Å². The first-order valence-corrected chi connectivity index (χ1v) is 5.64. The number of methoxy groups -OCH3 is 1. The van der Waals surface area contributed by atoms with Gasteiger partial charge in [0.1, 0.15) is 11.5 Å². The SMILES string of the molecule is COc1ccc(C(=O)Nc2cccc(O)c2)cc1N. The van der Waals surface area contributed by atoms with Crippen LogP contribution in [0, 0.1) is 0 Å². The summed E-state index contributed by atoms with van der Waals surface area (Å²) >= 11 is 0. The maximum Gasteiger partial charge on any atom is 0.255 e. The van der Waals surface area contributed by atoms with Crippen LogP contribution in [-0.2, 0) is 0 Å². The highest BCUT2D eigenvalue weighted by atomic mass is 16.5. The van der Waals surface area contributed by atoms with Crippen molar-refractivity contribution in [3.63, 3.8) is 0 Å². The number of nitrogens with one attached hydrogen (secondary N) is 1. The molecule has 2 aromatic carbocycles. The molecule has 19 heavy (non-hydrogen) atoms. The molecule has 0 aliphatic carbocycles. The Balaban J connectivity index is 2.18. The number of nitrogen functional groups attached to an aromatic ring is 1. The number of aromatic hydroxyl groups is 1. The van der Waals surface area contributed by atoms with E-state index in [2.05, 4.69) is 5.32 Å². The van der Waals surface area contributed by atoms with Crippen molar-refractivity contribution in [2.45, 2.75) is 0 Å². The monoisotopic (exact) mass is 258 g/mol. The van der Waals surface area contributed by atoms with Crippen LogP contribution in [0.1, 0.15) is 10.4 Å². The number of phenols is 1. The molecule has 5 nitrogen and oxygen atoms in total. The Labute approximate surface area is 110 Å². The largest absolute Gasteiger partial charge is 0.508 e. The summed E-state index contributed by atoms with van der Waals surface area (Å²) in [5.74, 6) is 0.306. The predicted octanol–water partition coefficient (Wildman–Crippen LogP) is 2.24. The van der Waals surface area contributed by atoms with Gasteiger partial charge in [0.15, 0.2) is 0 Å². The lowest BCUT2D eigenvalue weighted by Gasteiger charge is -2.08. The van der Waals surface area contributed by atoms with Crippen molar-refractivity contribution in [3.05, 3.63) is 48.0 Å². The van der Waals surface area contributed by atoms with Gasteiger partial charge in [-0.05, 0) is 30.3 Å². The molecule has 0 atom stereocenters. The Kier molecular flexibility index (Phi) is 3.56. The van der Waals surface area contributed by atoms with Crippen molar-refractivity contribution < 1.29 is 14.6 Å². The summed E-state index contributed by atoms with van der Waals surface area (Å²) in [5.41, 5.74) is 7.07. The maximum atomic E-state index is 12.0. The van der Waals surface area contributed by atoms with E-state index in [1.165, 1.54) is 25.3 Å². The van der Waals surface area contributed by atoms with Crippen LogP contribution in [0.4, 0.5) is 11.4 Å². The highest BCUT2D eigenvalue weighted by molar-refractivity contribution is 6.05. The van der Waals surface area contributed by atoms with E-state index in [0.717, 1.165) is 0 Å². The van der Waals surface area contributed by atoms with Crippen LogP contribution in [0.3, 0.4) is 0 Å². The summed E-state index contributed by atoms with van der Waals surface area (Å²) in [4.78, 5) is 12.0. The molecule has 4 N–H and O–H groups in total. The van der Waals surface area contributed by atoms with Gasteiger partial charge in [-0.15, -0.1) is 0 Å². The number of anilines is 2. The topological polar surface area (TPSA) is 84.6 Å². The fourth-order valence-electron chi connectivity index (χ4n) is 1.66. The summed E-state index contributed by atoms with van der Waals surface area (Å²) < 4.78 is 5.02. The van der Waals surface area contributed by atoms with Crippen LogP contribution in [0.2, 0.25) is 0 Å². The Hall–Kier alpha value is -2.69. The molecular weight excluding hydrogens is 244 g/mol. The molecule has 0 aliphatic heterocycles. The van der Waals surface area contributed by atoms with Crippen LogP contribution >= 0.6 is 0 Å². The molecule has 0 saturated heterocycles. The maximum absolute atomic E-state index is 12.0. The number of amides is 1. The molecule has 0 radical (unpaired) electrons. The minimum Gasteiger partial charge on any atom is -0.508 e. The number of carbonyl (C=O) groups excluding carboxylic acids is 1. The molecule has 1 amide bonds. The van der Waals surface area contributed by atoms with Crippen molar-refractivity contribution >= 4 is 17.3 Å². The molecule has 0 heterocycles. The van der Waals surface area contributed by atoms with Crippen molar-refractivity contribution in [3.8, 4) is 11.5 Å². The number of phenolic OH excluding ortho intramolecular Hbond substituents is 1. The molecule has 2 aromatic rings. The van der Waals surface area contributed by atoms with Gasteiger partial charge >= 0.3 is 0 Å². The van der Waals surface area contributed by atoms with Crippen LogP contribution in [0.5, 0.6) is 11.5 Å². The molecule has 0 unspecified atom stereocenters. The van der Waals surface area contributed by atoms with Crippen molar-refractivity contribution in [1.29, 1.82) is 0 Å². The van der Waals surface area contributed by atoms with Crippen LogP contribution in [0.25, 0.3) is 0 Å². The molecule has 2 rings (SSSR count). The first kappa shape index (κ1) is 12.8. The summed E-state index contributed by atoms with van der Waals surface area (Å²) in [6, 6.07) is 11.1. The summed E-state index contributed by atoms with van der Waals surface area (Å²) in [6.07, 6.45) is 0. The van der Waals surface area contributed by atoms with Gasteiger partial charge in [-0.2, -0.15) is 0 Å². The lowest BCUT2D eigenvalue weighted by atomic mass is 10.1. The van der Waals surface area contributed by atoms with E-state index in [0.29, 0.717) is 22.7 Å². The molecule has 0 fully saturated rings. The van der Waals surface area contributed by atoms with Crippen LogP contribution in [0.15, 0.2) is 42.5 Å². The molecule has 0 saturated carbocycles. The highest BCUT2D eigenvalue weighted by Gasteiger charge is 2.09. The zero-order valence-corrected chi connectivity index (χ0v) is 10.4. The smallest absolute Gasteiger partial charge is 0.255 e. The summed E-state index contributed by atoms with van der Waals surface area (Å²) in [7, 11) is 1.51. The molecule has 98 valence electrons. The molecule has 0 aliphatic rings. The Morgan fingerprint density at radius 2 is 2.05 bits per heavy atom. The zero-order valence-electron chi connectivity index (χ0n) is 10.4. The van der Waals surface area contributed by atoms with Gasteiger partial charge in [0.05, 0.1) is 12.8 Å². The van der Waals surface area contributed by atoms with E-state index in [9.17, 15) is 9.90 Å². The number of nitrogens with two attached hydrogens (primary N) is 1. The summed E-state index contributed by atoms with van der Waals surface area (Å²) in [5, 5.41) is 12.0. The molecule has 5 heteroatoms. The average molecular weight is 258 g/mol. The number of benzene rings is 2. The third kappa shape index (κ3) is 2.95. The lowest BCUT2D eigenvalue weighted by molar-refractivity contribution is 0.102. The van der Waals surface area contributed by atoms with Gasteiger partial charge in [-0.3, -0.25) is 4.79 Å². The van der Waals surface area contributed by atoms with Crippen molar-refractivity contribution in [1.82, 2.24) is 0 Å². The van der Waals surface area contributed by atoms with E-state index in [1.807, 2.05) is 0 Å². The number of carbonyl (C=O) groups is 1. The van der Waals surface area contributed by atoms with Gasteiger partial charge in [0.25, 0.3) is 5.91 Å². The standard InChI is InChI=1S/C14H14N2O3/c1-19-13-6-5-9(7-12(13)15)14(18)16-10-3-2-4-11(17)8-10/h2-8,17H,15H2,1H3,(H,16,18). The van der Waals surface area contributed by atoms with E-state index in [1.54, 1.807) is 24.3 Å². The molecule has 0 bridgehead atoms. The van der Waals surface area contributed by atoms with Crippen LogP contribution in [-0.4, -0.2) is 18.1 Å². The van der Waals surface area contributed by atoms with Gasteiger partial charge in [-0.1, -0.05) is 6.07 Å². The first-order chi connectivity index (χ1) is 9.10.